The number of halogens is 2. The zero-order valence-corrected chi connectivity index (χ0v) is 12.9. The van der Waals surface area contributed by atoms with Crippen molar-refractivity contribution in [3.05, 3.63) is 34.1 Å². The molecule has 0 aliphatic carbocycles. The normalized spacial score (nSPS) is 10.0. The van der Waals surface area contributed by atoms with Crippen LogP contribution in [-0.4, -0.2) is 37.1 Å². The highest BCUT2D eigenvalue weighted by Gasteiger charge is 2.13. The third-order valence-corrected chi connectivity index (χ3v) is 2.99. The van der Waals surface area contributed by atoms with Crippen LogP contribution in [0.1, 0.15) is 12.5 Å². The molecule has 2 amide bonds. The van der Waals surface area contributed by atoms with Crippen LogP contribution in [0.3, 0.4) is 0 Å². The summed E-state index contributed by atoms with van der Waals surface area (Å²) in [6, 6.07) is 4.52. The van der Waals surface area contributed by atoms with E-state index in [1.54, 1.807) is 19.1 Å². The lowest BCUT2D eigenvalue weighted by molar-refractivity contribution is -0.129. The fourth-order valence-electron chi connectivity index (χ4n) is 1.47. The number of hydrogen-bond donors (Lipinski definition) is 1. The quantitative estimate of drug-likeness (QED) is 0.889. The number of rotatable bonds is 5. The maximum absolute atomic E-state index is 13.6. The van der Waals surface area contributed by atoms with Crippen LogP contribution < -0.4 is 5.32 Å². The topological polar surface area (TPSA) is 58.6 Å². The van der Waals surface area contributed by atoms with Gasteiger partial charge in [-0.05, 0) is 25.1 Å². The predicted molar refractivity (Wildman–Crippen MR) is 75.6 cm³/mol. The molecule has 0 heterocycles. The van der Waals surface area contributed by atoms with Gasteiger partial charge in [-0.25, -0.2) is 9.18 Å². The van der Waals surface area contributed by atoms with Gasteiger partial charge in [-0.2, -0.15) is 0 Å². The van der Waals surface area contributed by atoms with E-state index in [1.807, 2.05) is 0 Å². The van der Waals surface area contributed by atoms with Crippen molar-refractivity contribution in [1.82, 2.24) is 10.2 Å². The van der Waals surface area contributed by atoms with Crippen LogP contribution in [0.4, 0.5) is 9.18 Å². The third kappa shape index (κ3) is 5.16. The van der Waals surface area contributed by atoms with Gasteiger partial charge in [-0.15, -0.1) is 0 Å². The Morgan fingerprint density at radius 3 is 2.80 bits per heavy atom. The standard InChI is InChI=1S/C13H16BrFN2O3/c1-3-20-13(19)16-7-12(18)17(2)8-9-6-10(14)4-5-11(9)15/h4-6H,3,7-8H2,1-2H3,(H,16,19). The molecule has 5 nitrogen and oxygen atoms in total. The van der Waals surface area contributed by atoms with Crippen LogP contribution in [0.25, 0.3) is 0 Å². The lowest BCUT2D eigenvalue weighted by Gasteiger charge is -2.18. The van der Waals surface area contributed by atoms with E-state index >= 15 is 0 Å². The molecule has 0 saturated heterocycles. The number of benzene rings is 1. The van der Waals surface area contributed by atoms with Crippen LogP contribution in [0, 0.1) is 5.82 Å². The predicted octanol–water partition coefficient (Wildman–Crippen LogP) is 2.29. The van der Waals surface area contributed by atoms with Gasteiger partial charge >= 0.3 is 6.09 Å². The second kappa shape index (κ2) is 7.84. The van der Waals surface area contributed by atoms with Gasteiger partial charge in [0, 0.05) is 23.6 Å². The summed E-state index contributed by atoms with van der Waals surface area (Å²) in [6.45, 7) is 1.84. The zero-order valence-electron chi connectivity index (χ0n) is 11.3. The number of nitrogens with zero attached hydrogens (tertiary/aromatic N) is 1. The van der Waals surface area contributed by atoms with E-state index < -0.39 is 6.09 Å². The number of nitrogens with one attached hydrogen (secondary N) is 1. The van der Waals surface area contributed by atoms with Gasteiger partial charge in [0.25, 0.3) is 0 Å². The van der Waals surface area contributed by atoms with Crippen molar-refractivity contribution in [2.45, 2.75) is 13.5 Å². The minimum Gasteiger partial charge on any atom is -0.450 e. The van der Waals surface area contributed by atoms with E-state index in [1.165, 1.54) is 18.0 Å². The molecule has 0 aromatic heterocycles. The van der Waals surface area contributed by atoms with Gasteiger partial charge in [0.05, 0.1) is 6.61 Å². The summed E-state index contributed by atoms with van der Waals surface area (Å²) >= 11 is 3.25. The lowest BCUT2D eigenvalue weighted by Crippen LogP contribution is -2.38. The molecule has 20 heavy (non-hydrogen) atoms. The summed E-state index contributed by atoms with van der Waals surface area (Å²) in [4.78, 5) is 24.2. The summed E-state index contributed by atoms with van der Waals surface area (Å²) in [5, 5.41) is 2.32. The Morgan fingerprint density at radius 1 is 1.45 bits per heavy atom. The Bertz CT molecular complexity index is 497. The Labute approximate surface area is 125 Å². The van der Waals surface area contributed by atoms with Gasteiger partial charge < -0.3 is 15.0 Å². The highest BCUT2D eigenvalue weighted by molar-refractivity contribution is 9.10. The average Bonchev–Trinajstić information content (AvgIpc) is 2.40. The minimum absolute atomic E-state index is 0.120. The van der Waals surface area contributed by atoms with Gasteiger partial charge in [0.2, 0.25) is 5.91 Å². The zero-order chi connectivity index (χ0) is 15.1. The van der Waals surface area contributed by atoms with E-state index in [2.05, 4.69) is 26.0 Å². The highest BCUT2D eigenvalue weighted by atomic mass is 79.9. The molecule has 110 valence electrons. The maximum Gasteiger partial charge on any atom is 0.407 e. The van der Waals surface area contributed by atoms with E-state index in [9.17, 15) is 14.0 Å². The Hall–Kier alpha value is -1.63. The largest absolute Gasteiger partial charge is 0.450 e. The van der Waals surface area contributed by atoms with Crippen molar-refractivity contribution in [3.8, 4) is 0 Å². The number of carbonyl (C=O) groups is 2. The smallest absolute Gasteiger partial charge is 0.407 e. The van der Waals surface area contributed by atoms with E-state index in [4.69, 9.17) is 0 Å². The fraction of sp³-hybridized carbons (Fsp3) is 0.385. The van der Waals surface area contributed by atoms with Gasteiger partial charge in [0.1, 0.15) is 12.4 Å². The van der Waals surface area contributed by atoms with Crippen molar-refractivity contribution in [2.75, 3.05) is 20.2 Å². The van der Waals surface area contributed by atoms with Gasteiger partial charge in [-0.1, -0.05) is 15.9 Å². The molecular weight excluding hydrogens is 331 g/mol. The van der Waals surface area contributed by atoms with Crippen molar-refractivity contribution >= 4 is 27.9 Å². The van der Waals surface area contributed by atoms with E-state index in [0.29, 0.717) is 5.56 Å². The van der Waals surface area contributed by atoms with Crippen LogP contribution in [0.15, 0.2) is 22.7 Å². The van der Waals surface area contributed by atoms with Crippen LogP contribution >= 0.6 is 15.9 Å². The molecule has 0 saturated carbocycles. The first-order chi connectivity index (χ1) is 9.43. The maximum atomic E-state index is 13.6. The molecule has 0 aliphatic rings. The molecule has 1 aromatic rings. The van der Waals surface area contributed by atoms with Crippen molar-refractivity contribution in [3.63, 3.8) is 0 Å². The number of amides is 2. The molecule has 0 fully saturated rings. The summed E-state index contributed by atoms with van der Waals surface area (Å²) in [5.41, 5.74) is 0.395. The number of likely N-dealkylation sites (N-methyl/N-ethyl adjacent to an activating group) is 1. The van der Waals surface area contributed by atoms with E-state index in [-0.39, 0.29) is 31.4 Å². The van der Waals surface area contributed by atoms with Crippen molar-refractivity contribution < 1.29 is 18.7 Å². The van der Waals surface area contributed by atoms with Gasteiger partial charge in [-0.3, -0.25) is 4.79 Å². The first-order valence-corrected chi connectivity index (χ1v) is 6.81. The third-order valence-electron chi connectivity index (χ3n) is 2.50. The summed E-state index contributed by atoms with van der Waals surface area (Å²) in [6.07, 6.45) is -0.650. The molecule has 0 atom stereocenters. The molecule has 0 aliphatic heterocycles. The lowest BCUT2D eigenvalue weighted by atomic mass is 10.2. The van der Waals surface area contributed by atoms with Crippen LogP contribution in [-0.2, 0) is 16.1 Å². The molecular formula is C13H16BrFN2O3. The second-order valence-corrected chi connectivity index (χ2v) is 4.98. The average molecular weight is 347 g/mol. The molecule has 0 radical (unpaired) electrons. The molecule has 1 aromatic carbocycles. The van der Waals surface area contributed by atoms with Crippen molar-refractivity contribution in [1.29, 1.82) is 0 Å². The molecule has 0 unspecified atom stereocenters. The second-order valence-electron chi connectivity index (χ2n) is 4.06. The number of alkyl carbamates (subject to hydrolysis) is 1. The summed E-state index contributed by atoms with van der Waals surface area (Å²) in [7, 11) is 1.54. The Balaban J connectivity index is 2.53. The first kappa shape index (κ1) is 16.4. The number of ether oxygens (including phenoxy) is 1. The molecule has 0 spiro atoms. The number of carbonyl (C=O) groups excluding carboxylic acids is 2. The summed E-state index contributed by atoms with van der Waals surface area (Å²) in [5.74, 6) is -0.719. The van der Waals surface area contributed by atoms with E-state index in [0.717, 1.165) is 4.47 Å². The molecule has 1 rings (SSSR count). The van der Waals surface area contributed by atoms with Crippen molar-refractivity contribution in [2.24, 2.45) is 0 Å². The molecule has 1 N–H and O–H groups in total. The number of hydrogen-bond acceptors (Lipinski definition) is 3. The van der Waals surface area contributed by atoms with Crippen LogP contribution in [0.2, 0.25) is 0 Å². The molecule has 0 bridgehead atoms. The SMILES string of the molecule is CCOC(=O)NCC(=O)N(C)Cc1cc(Br)ccc1F. The first-order valence-electron chi connectivity index (χ1n) is 6.02. The minimum atomic E-state index is -0.650. The van der Waals surface area contributed by atoms with Gasteiger partial charge in [0.15, 0.2) is 0 Å². The molecule has 7 heteroatoms. The highest BCUT2D eigenvalue weighted by Crippen LogP contribution is 2.16. The Morgan fingerprint density at radius 2 is 2.15 bits per heavy atom. The van der Waals surface area contributed by atoms with Crippen LogP contribution in [0.5, 0.6) is 0 Å². The summed E-state index contributed by atoms with van der Waals surface area (Å²) < 4.78 is 18.9. The Kier molecular flexibility index (Phi) is 6.44. The fourth-order valence-corrected chi connectivity index (χ4v) is 1.88. The monoisotopic (exact) mass is 346 g/mol.